The monoisotopic (exact) mass is 444 g/mol. The summed E-state index contributed by atoms with van der Waals surface area (Å²) in [5.41, 5.74) is 0. The summed E-state index contributed by atoms with van der Waals surface area (Å²) in [5.74, 6) is -5.30. The molecule has 0 aromatic carbocycles. The number of hydrogen-bond donors (Lipinski definition) is 4. The molecule has 0 radical (unpaired) electrons. The fourth-order valence-corrected chi connectivity index (χ4v) is 0. The van der Waals surface area contributed by atoms with Crippen LogP contribution in [0.2, 0.25) is 0 Å². The largest absolute Gasteiger partial charge is 2.00 e. The van der Waals surface area contributed by atoms with Crippen LogP contribution in [0.1, 0.15) is 0 Å². The van der Waals surface area contributed by atoms with Crippen molar-refractivity contribution in [2.75, 3.05) is 23.0 Å². The molecule has 0 fully saturated rings. The molecule has 0 saturated carbocycles. The van der Waals surface area contributed by atoms with Gasteiger partial charge in [0, 0.05) is 23.0 Å². The smallest absolute Gasteiger partial charge is 0.549 e. The van der Waals surface area contributed by atoms with E-state index in [4.69, 9.17) is 0 Å². The Morgan fingerprint density at radius 3 is 0.545 bits per heavy atom. The summed E-state index contributed by atoms with van der Waals surface area (Å²) in [6.45, 7) is 0. The van der Waals surface area contributed by atoms with Gasteiger partial charge in [0.1, 0.15) is 0 Å². The Labute approximate surface area is 209 Å². The molecule has 0 amide bonds. The van der Waals surface area contributed by atoms with Crippen molar-refractivity contribution >= 4 is 150 Å². The van der Waals surface area contributed by atoms with Crippen molar-refractivity contribution < 1.29 is 39.6 Å². The molecule has 8 nitrogen and oxygen atoms in total. The van der Waals surface area contributed by atoms with Crippen molar-refractivity contribution in [3.63, 3.8) is 0 Å². The number of aliphatic carboxylic acids is 4. The second kappa shape index (κ2) is 34.2. The van der Waals surface area contributed by atoms with E-state index in [0.29, 0.717) is 0 Å². The van der Waals surface area contributed by atoms with Crippen LogP contribution in [-0.2, 0) is 19.2 Å². The maximum Gasteiger partial charge on any atom is 2.00 e. The van der Waals surface area contributed by atoms with Crippen LogP contribution in [0.5, 0.6) is 0 Å². The van der Waals surface area contributed by atoms with Gasteiger partial charge in [-0.1, -0.05) is 0 Å². The topological polar surface area (TPSA) is 161 Å². The second-order valence-electron chi connectivity index (χ2n) is 2.12. The summed E-state index contributed by atoms with van der Waals surface area (Å²) in [5, 5.41) is 36.7. The first-order chi connectivity index (χ1) is 9.08. The number of carbonyl (C=O) groups excluding carboxylic acids is 4. The molecule has 14 heteroatoms. The minimum Gasteiger partial charge on any atom is -0.549 e. The van der Waals surface area contributed by atoms with E-state index in [1.54, 1.807) is 0 Å². The molecular weight excluding hydrogens is 433 g/mol. The SMILES string of the molecule is O=C([O-])CS.O=C([O-])CS.O=C([O-])CS.O=C([O-])CS.[Ca+2].[Ca+2]. The molecule has 22 heavy (non-hydrogen) atoms. The molecular formula is C8H12Ca2O8S4. The van der Waals surface area contributed by atoms with Gasteiger partial charge < -0.3 is 39.6 Å². The predicted molar refractivity (Wildman–Crippen MR) is 86.9 cm³/mol. The first-order valence-corrected chi connectivity index (χ1v) is 6.84. The zero-order valence-corrected chi connectivity index (χ0v) is 19.3. The molecule has 0 aromatic rings. The van der Waals surface area contributed by atoms with E-state index in [2.05, 4.69) is 50.5 Å². The summed E-state index contributed by atoms with van der Waals surface area (Å²) in [7, 11) is 0. The van der Waals surface area contributed by atoms with Crippen LogP contribution < -0.4 is 20.4 Å². The number of carbonyl (C=O) groups is 4. The fraction of sp³-hybridized carbons (Fsp3) is 0.500. The van der Waals surface area contributed by atoms with Gasteiger partial charge in [-0.3, -0.25) is 0 Å². The molecule has 0 bridgehead atoms. The number of rotatable bonds is 4. The Kier molecular flexibility index (Phi) is 60.7. The Balaban J connectivity index is -0.0000000376. The minimum absolute atomic E-state index is 0. The van der Waals surface area contributed by atoms with E-state index in [1.165, 1.54) is 0 Å². The van der Waals surface area contributed by atoms with E-state index in [0.717, 1.165) is 0 Å². The molecule has 0 heterocycles. The van der Waals surface area contributed by atoms with Crippen LogP contribution in [0.25, 0.3) is 0 Å². The van der Waals surface area contributed by atoms with Crippen molar-refractivity contribution in [2.24, 2.45) is 0 Å². The fourth-order valence-electron chi connectivity index (χ4n) is 0. The number of carboxylic acid groups (broad SMARTS) is 4. The number of carboxylic acids is 4. The standard InChI is InChI=1S/4C2H4O2S.2Ca/c4*3-2(4)1-5;;/h4*5H,1H2,(H,3,4);;/q;;;;2*+2/p-4. The third-order valence-corrected chi connectivity index (χ3v) is 1.55. The Morgan fingerprint density at radius 1 is 0.500 bits per heavy atom. The minimum atomic E-state index is -1.13. The van der Waals surface area contributed by atoms with Gasteiger partial charge in [-0.05, 0) is 0 Å². The van der Waals surface area contributed by atoms with E-state index in [-0.39, 0.29) is 98.5 Å². The Bertz CT molecular complexity index is 237. The van der Waals surface area contributed by atoms with Crippen molar-refractivity contribution in [1.82, 2.24) is 0 Å². The molecule has 0 aliphatic rings. The van der Waals surface area contributed by atoms with E-state index in [1.807, 2.05) is 0 Å². The van der Waals surface area contributed by atoms with Gasteiger partial charge in [-0.25, -0.2) is 0 Å². The van der Waals surface area contributed by atoms with Gasteiger partial charge in [-0.2, -0.15) is 50.5 Å². The summed E-state index contributed by atoms with van der Waals surface area (Å²) in [6, 6.07) is 0. The van der Waals surface area contributed by atoms with Gasteiger partial charge >= 0.3 is 75.5 Å². The first kappa shape index (κ1) is 39.0. The quantitative estimate of drug-likeness (QED) is 0.246. The molecule has 0 aromatic heterocycles. The van der Waals surface area contributed by atoms with Crippen molar-refractivity contribution in [3.8, 4) is 0 Å². The summed E-state index contributed by atoms with van der Waals surface area (Å²) >= 11 is 13.4. The van der Waals surface area contributed by atoms with Crippen LogP contribution in [0.15, 0.2) is 0 Å². The Morgan fingerprint density at radius 2 is 0.545 bits per heavy atom. The van der Waals surface area contributed by atoms with E-state index < -0.39 is 23.9 Å². The van der Waals surface area contributed by atoms with Crippen LogP contribution in [0.4, 0.5) is 0 Å². The molecule has 120 valence electrons. The average molecular weight is 445 g/mol. The molecule has 0 aliphatic carbocycles. The van der Waals surface area contributed by atoms with Crippen LogP contribution in [-0.4, -0.2) is 122 Å². The number of thiol groups is 4. The molecule has 0 aliphatic heterocycles. The van der Waals surface area contributed by atoms with E-state index in [9.17, 15) is 39.6 Å². The van der Waals surface area contributed by atoms with Crippen molar-refractivity contribution in [2.45, 2.75) is 0 Å². The second-order valence-corrected chi connectivity index (χ2v) is 3.39. The van der Waals surface area contributed by atoms with Crippen molar-refractivity contribution in [3.05, 3.63) is 0 Å². The van der Waals surface area contributed by atoms with Gasteiger partial charge in [0.15, 0.2) is 0 Å². The average Bonchev–Trinajstić information content (AvgIpc) is 2.40. The van der Waals surface area contributed by atoms with Gasteiger partial charge in [0.05, 0.1) is 23.9 Å². The Hall–Kier alpha value is 1.80. The summed E-state index contributed by atoms with van der Waals surface area (Å²) in [4.78, 5) is 36.7. The van der Waals surface area contributed by atoms with Gasteiger partial charge in [0.2, 0.25) is 0 Å². The molecule has 0 spiro atoms. The van der Waals surface area contributed by atoms with Gasteiger partial charge in [0.25, 0.3) is 0 Å². The maximum absolute atomic E-state index is 9.18. The third-order valence-electron chi connectivity index (χ3n) is 0.516. The zero-order valence-electron chi connectivity index (χ0n) is 11.3. The summed E-state index contributed by atoms with van der Waals surface area (Å²) < 4.78 is 0. The van der Waals surface area contributed by atoms with Crippen molar-refractivity contribution in [1.29, 1.82) is 0 Å². The first-order valence-electron chi connectivity index (χ1n) is 4.31. The van der Waals surface area contributed by atoms with Crippen LogP contribution >= 0.6 is 50.5 Å². The molecule has 0 rings (SSSR count). The molecule has 0 unspecified atom stereocenters. The summed E-state index contributed by atoms with van der Waals surface area (Å²) in [6.07, 6.45) is 0. The molecule has 0 saturated heterocycles. The van der Waals surface area contributed by atoms with Crippen LogP contribution in [0, 0.1) is 0 Å². The predicted octanol–water partition coefficient (Wildman–Crippen LogP) is -6.10. The van der Waals surface area contributed by atoms with E-state index >= 15 is 0 Å². The molecule has 0 N–H and O–H groups in total. The van der Waals surface area contributed by atoms with Gasteiger partial charge in [-0.15, -0.1) is 0 Å². The third kappa shape index (κ3) is 98.2. The number of hydrogen-bond acceptors (Lipinski definition) is 12. The zero-order chi connectivity index (χ0) is 17.1. The maximum atomic E-state index is 9.18. The van der Waals surface area contributed by atoms with Crippen LogP contribution in [0.3, 0.4) is 0 Å². The normalized spacial score (nSPS) is 6.73. The molecule has 0 atom stereocenters.